The van der Waals surface area contributed by atoms with Gasteiger partial charge in [-0.25, -0.2) is 0 Å². The molecule has 1 N–H and O–H groups in total. The number of carbonyl (C=O) groups excluding carboxylic acids is 1. The number of allylic oxidation sites excluding steroid dienone is 2. The second-order valence-electron chi connectivity index (χ2n) is 6.01. The van der Waals surface area contributed by atoms with E-state index in [9.17, 15) is 9.90 Å². The summed E-state index contributed by atoms with van der Waals surface area (Å²) < 4.78 is 5.24. The lowest BCUT2D eigenvalue weighted by Gasteiger charge is -2.39. The predicted octanol–water partition coefficient (Wildman–Crippen LogP) is 3.85. The fraction of sp³-hybridized carbons (Fsp3) is 0.824. The van der Waals surface area contributed by atoms with E-state index in [1.807, 2.05) is 13.0 Å². The maximum atomic E-state index is 11.6. The van der Waals surface area contributed by atoms with Crippen LogP contribution in [0.3, 0.4) is 0 Å². The van der Waals surface area contributed by atoms with Crippen molar-refractivity contribution in [3.05, 3.63) is 12.2 Å². The number of cyclic esters (lactones) is 1. The summed E-state index contributed by atoms with van der Waals surface area (Å²) in [5.41, 5.74) is 0. The molecule has 3 nitrogen and oxygen atoms in total. The van der Waals surface area contributed by atoms with Crippen molar-refractivity contribution in [3.8, 4) is 0 Å². The van der Waals surface area contributed by atoms with Crippen molar-refractivity contribution in [2.24, 2.45) is 11.8 Å². The molecule has 1 rings (SSSR count). The van der Waals surface area contributed by atoms with E-state index in [1.54, 1.807) is 0 Å². The Morgan fingerprint density at radius 3 is 2.70 bits per heavy atom. The molecule has 4 atom stereocenters. The van der Waals surface area contributed by atoms with Gasteiger partial charge in [0.15, 0.2) is 0 Å². The molecule has 1 saturated heterocycles. The Kier molecular flexibility index (Phi) is 7.90. The van der Waals surface area contributed by atoms with Gasteiger partial charge in [0.1, 0.15) is 6.10 Å². The van der Waals surface area contributed by atoms with Gasteiger partial charge in [-0.2, -0.15) is 0 Å². The minimum atomic E-state index is -0.366. The molecule has 116 valence electrons. The second-order valence-corrected chi connectivity index (χ2v) is 6.01. The van der Waals surface area contributed by atoms with Gasteiger partial charge in [-0.05, 0) is 32.1 Å². The molecule has 2 unspecified atom stereocenters. The minimum Gasteiger partial charge on any atom is -0.461 e. The summed E-state index contributed by atoms with van der Waals surface area (Å²) >= 11 is 0. The van der Waals surface area contributed by atoms with Crippen molar-refractivity contribution in [3.63, 3.8) is 0 Å². The van der Waals surface area contributed by atoms with Gasteiger partial charge in [0, 0.05) is 6.42 Å². The van der Waals surface area contributed by atoms with Crippen LogP contribution in [-0.2, 0) is 9.53 Å². The van der Waals surface area contributed by atoms with Gasteiger partial charge < -0.3 is 9.84 Å². The van der Waals surface area contributed by atoms with E-state index in [0.717, 1.165) is 19.3 Å². The van der Waals surface area contributed by atoms with Crippen LogP contribution in [0.5, 0.6) is 0 Å². The lowest BCUT2D eigenvalue weighted by Crippen LogP contribution is -2.49. The lowest BCUT2D eigenvalue weighted by molar-refractivity contribution is -0.193. The summed E-state index contributed by atoms with van der Waals surface area (Å²) in [4.78, 5) is 11.6. The van der Waals surface area contributed by atoms with Crippen molar-refractivity contribution in [2.45, 2.75) is 77.9 Å². The number of hydrogen-bond donors (Lipinski definition) is 1. The van der Waals surface area contributed by atoms with E-state index in [-0.39, 0.29) is 24.1 Å². The molecule has 0 aromatic carbocycles. The number of unbranched alkanes of at least 4 members (excludes halogenated alkanes) is 2. The third kappa shape index (κ3) is 5.28. The zero-order chi connectivity index (χ0) is 15.0. The smallest absolute Gasteiger partial charge is 0.313 e. The maximum Gasteiger partial charge on any atom is 0.313 e. The fourth-order valence-corrected chi connectivity index (χ4v) is 2.91. The third-order valence-electron chi connectivity index (χ3n) is 4.22. The lowest BCUT2D eigenvalue weighted by atomic mass is 9.79. The molecule has 0 saturated carbocycles. The van der Waals surface area contributed by atoms with Crippen LogP contribution >= 0.6 is 0 Å². The van der Waals surface area contributed by atoms with E-state index in [1.165, 1.54) is 19.3 Å². The van der Waals surface area contributed by atoms with Crippen molar-refractivity contribution < 1.29 is 14.6 Å². The molecule has 1 aliphatic heterocycles. The van der Waals surface area contributed by atoms with E-state index in [0.29, 0.717) is 12.3 Å². The Labute approximate surface area is 123 Å². The molecule has 0 aliphatic carbocycles. The SMILES string of the molecule is CC=CCC[C@@H](O)CC1OC(=O)[C@H]1C(C)CCCCC. The standard InChI is InChI=1S/C17H30O3/c1-4-6-8-10-13(3)16-15(20-17(16)19)12-14(18)11-9-7-5-2/h5,7,13-16,18H,4,6,8-12H2,1-3H3/t13?,14-,15?,16+/m1/s1. The van der Waals surface area contributed by atoms with Crippen LogP contribution in [0.2, 0.25) is 0 Å². The van der Waals surface area contributed by atoms with Gasteiger partial charge >= 0.3 is 5.97 Å². The van der Waals surface area contributed by atoms with Crippen LogP contribution in [0.1, 0.15) is 65.7 Å². The van der Waals surface area contributed by atoms with Crippen LogP contribution in [0.4, 0.5) is 0 Å². The summed E-state index contributed by atoms with van der Waals surface area (Å²) in [5, 5.41) is 9.99. The predicted molar refractivity (Wildman–Crippen MR) is 81.3 cm³/mol. The van der Waals surface area contributed by atoms with Crippen LogP contribution in [0.25, 0.3) is 0 Å². The van der Waals surface area contributed by atoms with Gasteiger partial charge in [0.2, 0.25) is 0 Å². The van der Waals surface area contributed by atoms with Gasteiger partial charge in [0.25, 0.3) is 0 Å². The monoisotopic (exact) mass is 282 g/mol. The molecule has 1 heterocycles. The molecule has 0 radical (unpaired) electrons. The average Bonchev–Trinajstić information content (AvgIpc) is 2.38. The van der Waals surface area contributed by atoms with Crippen LogP contribution < -0.4 is 0 Å². The topological polar surface area (TPSA) is 46.5 Å². The first kappa shape index (κ1) is 17.2. The van der Waals surface area contributed by atoms with Crippen LogP contribution in [0.15, 0.2) is 12.2 Å². The largest absolute Gasteiger partial charge is 0.461 e. The van der Waals surface area contributed by atoms with Crippen molar-refractivity contribution >= 4 is 5.97 Å². The Balaban J connectivity index is 2.33. The molecule has 1 fully saturated rings. The van der Waals surface area contributed by atoms with Crippen molar-refractivity contribution in [2.75, 3.05) is 0 Å². The molecule has 20 heavy (non-hydrogen) atoms. The Bertz CT molecular complexity index is 311. The zero-order valence-electron chi connectivity index (χ0n) is 13.2. The third-order valence-corrected chi connectivity index (χ3v) is 4.22. The molecule has 0 bridgehead atoms. The van der Waals surface area contributed by atoms with Gasteiger partial charge in [-0.3, -0.25) is 4.79 Å². The summed E-state index contributed by atoms with van der Waals surface area (Å²) in [6, 6.07) is 0. The minimum absolute atomic E-state index is 0.00298. The number of ether oxygens (including phenoxy) is 1. The molecule has 3 heteroatoms. The molecular formula is C17H30O3. The fourth-order valence-electron chi connectivity index (χ4n) is 2.91. The normalized spacial score (nSPS) is 25.3. The highest BCUT2D eigenvalue weighted by Crippen LogP contribution is 2.35. The first-order valence-electron chi connectivity index (χ1n) is 8.09. The van der Waals surface area contributed by atoms with E-state index < -0.39 is 0 Å². The number of aliphatic hydroxyl groups is 1. The summed E-state index contributed by atoms with van der Waals surface area (Å²) in [7, 11) is 0. The Morgan fingerprint density at radius 2 is 2.10 bits per heavy atom. The van der Waals surface area contributed by atoms with E-state index >= 15 is 0 Å². The average molecular weight is 282 g/mol. The first-order chi connectivity index (χ1) is 9.60. The summed E-state index contributed by atoms with van der Waals surface area (Å²) in [6.45, 7) is 6.31. The maximum absolute atomic E-state index is 11.6. The number of carbonyl (C=O) groups is 1. The molecular weight excluding hydrogens is 252 g/mol. The molecule has 0 spiro atoms. The van der Waals surface area contributed by atoms with Crippen molar-refractivity contribution in [1.82, 2.24) is 0 Å². The Morgan fingerprint density at radius 1 is 1.35 bits per heavy atom. The zero-order valence-corrected chi connectivity index (χ0v) is 13.2. The van der Waals surface area contributed by atoms with Crippen molar-refractivity contribution in [1.29, 1.82) is 0 Å². The molecule has 1 aliphatic rings. The van der Waals surface area contributed by atoms with Gasteiger partial charge in [-0.15, -0.1) is 0 Å². The van der Waals surface area contributed by atoms with Gasteiger partial charge in [0.05, 0.1) is 12.0 Å². The number of esters is 1. The highest BCUT2D eigenvalue weighted by molar-refractivity contribution is 5.78. The summed E-state index contributed by atoms with van der Waals surface area (Å²) in [5.74, 6) is 0.304. The van der Waals surface area contributed by atoms with Gasteiger partial charge in [-0.1, -0.05) is 45.3 Å². The van der Waals surface area contributed by atoms with Crippen LogP contribution in [-0.4, -0.2) is 23.3 Å². The van der Waals surface area contributed by atoms with Crippen LogP contribution in [0, 0.1) is 11.8 Å². The quantitative estimate of drug-likeness (QED) is 0.376. The first-order valence-corrected chi connectivity index (χ1v) is 8.09. The second kappa shape index (κ2) is 9.17. The highest BCUT2D eigenvalue weighted by atomic mass is 16.6. The number of rotatable bonds is 10. The van der Waals surface area contributed by atoms with E-state index in [2.05, 4.69) is 19.9 Å². The molecule has 0 amide bonds. The number of aliphatic hydroxyl groups excluding tert-OH is 1. The summed E-state index contributed by atoms with van der Waals surface area (Å²) in [6.07, 6.45) is 10.5. The molecule has 0 aromatic rings. The van der Waals surface area contributed by atoms with E-state index in [4.69, 9.17) is 4.74 Å². The Hall–Kier alpha value is -0.830. The highest BCUT2D eigenvalue weighted by Gasteiger charge is 2.45. The number of hydrogen-bond acceptors (Lipinski definition) is 3. The molecule has 0 aromatic heterocycles.